The second-order valence-electron chi connectivity index (χ2n) is 9.35. The Kier molecular flexibility index (Phi) is 6.75. The molecule has 2 aliphatic rings. The van der Waals surface area contributed by atoms with Gasteiger partial charge in [-0.15, -0.1) is 0 Å². The van der Waals surface area contributed by atoms with Crippen LogP contribution in [0.3, 0.4) is 0 Å². The maximum atomic E-state index is 12.9. The molecular formula is C28H29N3O5. The zero-order valence-corrected chi connectivity index (χ0v) is 20.2. The highest BCUT2D eigenvalue weighted by atomic mass is 16.5. The molecule has 2 aromatic carbocycles. The number of nitrogens with zero attached hydrogens (tertiary/aromatic N) is 2. The van der Waals surface area contributed by atoms with Gasteiger partial charge in [0.2, 0.25) is 5.91 Å². The molecule has 186 valence electrons. The third kappa shape index (κ3) is 5.12. The first-order valence-electron chi connectivity index (χ1n) is 12.1. The third-order valence-corrected chi connectivity index (χ3v) is 6.85. The van der Waals surface area contributed by atoms with Crippen molar-refractivity contribution in [3.63, 3.8) is 0 Å². The summed E-state index contributed by atoms with van der Waals surface area (Å²) in [6.45, 7) is 1.57. The molecule has 0 spiro atoms. The van der Waals surface area contributed by atoms with Crippen molar-refractivity contribution >= 4 is 17.5 Å². The molecule has 0 aliphatic carbocycles. The molecule has 8 heteroatoms. The number of fused-ring (bicyclic) bond motifs is 4. The minimum Gasteiger partial charge on any atom is -0.497 e. The van der Waals surface area contributed by atoms with E-state index in [0.29, 0.717) is 31.1 Å². The van der Waals surface area contributed by atoms with Gasteiger partial charge in [0.25, 0.3) is 11.5 Å². The molecule has 1 N–H and O–H groups in total. The van der Waals surface area contributed by atoms with Crippen LogP contribution < -0.4 is 20.3 Å². The zero-order chi connectivity index (χ0) is 25.1. The topological polar surface area (TPSA) is 89.9 Å². The van der Waals surface area contributed by atoms with Crippen LogP contribution in [0.4, 0.5) is 5.69 Å². The number of methoxy groups -OCH3 is 1. The summed E-state index contributed by atoms with van der Waals surface area (Å²) in [6, 6.07) is 19.8. The number of rotatable bonds is 7. The number of anilines is 1. The van der Waals surface area contributed by atoms with Crippen LogP contribution in [0.15, 0.2) is 71.5 Å². The van der Waals surface area contributed by atoms with Gasteiger partial charge < -0.3 is 24.3 Å². The third-order valence-electron chi connectivity index (χ3n) is 6.85. The zero-order valence-electron chi connectivity index (χ0n) is 20.2. The van der Waals surface area contributed by atoms with E-state index in [-0.39, 0.29) is 42.2 Å². The Balaban J connectivity index is 1.30. The normalized spacial score (nSPS) is 18.2. The predicted molar refractivity (Wildman–Crippen MR) is 135 cm³/mol. The highest BCUT2D eigenvalue weighted by molar-refractivity contribution is 5.93. The molecule has 36 heavy (non-hydrogen) atoms. The van der Waals surface area contributed by atoms with Crippen LogP contribution in [0.1, 0.15) is 23.6 Å². The maximum absolute atomic E-state index is 12.9. The van der Waals surface area contributed by atoms with Crippen molar-refractivity contribution in [1.29, 1.82) is 0 Å². The Bertz CT molecular complexity index is 1300. The monoisotopic (exact) mass is 487 g/mol. The van der Waals surface area contributed by atoms with Crippen molar-refractivity contribution in [1.82, 2.24) is 9.47 Å². The number of ether oxygens (including phenoxy) is 2. The van der Waals surface area contributed by atoms with Crippen LogP contribution in [-0.2, 0) is 22.6 Å². The van der Waals surface area contributed by atoms with E-state index in [0.717, 1.165) is 23.4 Å². The molecule has 0 unspecified atom stereocenters. The van der Waals surface area contributed by atoms with E-state index >= 15 is 0 Å². The molecule has 0 radical (unpaired) electrons. The average molecular weight is 488 g/mol. The molecule has 2 atom stereocenters. The predicted octanol–water partition coefficient (Wildman–Crippen LogP) is 3.06. The summed E-state index contributed by atoms with van der Waals surface area (Å²) in [5.74, 6) is 1.29. The van der Waals surface area contributed by atoms with Crippen molar-refractivity contribution < 1.29 is 19.1 Å². The second-order valence-corrected chi connectivity index (χ2v) is 9.35. The van der Waals surface area contributed by atoms with Gasteiger partial charge in [0.05, 0.1) is 19.2 Å². The molecule has 2 amide bonds. The highest BCUT2D eigenvalue weighted by Crippen LogP contribution is 2.38. The fourth-order valence-corrected chi connectivity index (χ4v) is 5.20. The van der Waals surface area contributed by atoms with Gasteiger partial charge in [-0.3, -0.25) is 14.4 Å². The number of amides is 2. The minimum atomic E-state index is -0.163. The second kappa shape index (κ2) is 10.3. The van der Waals surface area contributed by atoms with E-state index in [1.807, 2.05) is 59.5 Å². The molecule has 2 aliphatic heterocycles. The SMILES string of the molecule is COc1ccc(CC(=O)Nc2ccc(=O)n3c2[C@H]2C[C@@H](CN(C(=O)COc4ccccc4)C2)C3)cc1. The summed E-state index contributed by atoms with van der Waals surface area (Å²) in [5, 5.41) is 3.01. The minimum absolute atomic E-state index is 0.0312. The lowest BCUT2D eigenvalue weighted by molar-refractivity contribution is -0.136. The molecule has 1 saturated heterocycles. The first-order valence-corrected chi connectivity index (χ1v) is 12.1. The highest BCUT2D eigenvalue weighted by Gasteiger charge is 2.38. The maximum Gasteiger partial charge on any atom is 0.260 e. The first kappa shape index (κ1) is 23.7. The number of piperidine rings is 1. The number of benzene rings is 2. The number of para-hydroxylation sites is 1. The van der Waals surface area contributed by atoms with Crippen LogP contribution >= 0.6 is 0 Å². The fraction of sp³-hybridized carbons (Fsp3) is 0.321. The Morgan fingerprint density at radius 1 is 0.944 bits per heavy atom. The van der Waals surface area contributed by atoms with Gasteiger partial charge >= 0.3 is 0 Å². The quantitative estimate of drug-likeness (QED) is 0.553. The molecule has 1 aromatic heterocycles. The van der Waals surface area contributed by atoms with Gasteiger partial charge in [-0.25, -0.2) is 0 Å². The van der Waals surface area contributed by atoms with Crippen LogP contribution in [0.25, 0.3) is 0 Å². The van der Waals surface area contributed by atoms with Crippen LogP contribution in [-0.4, -0.2) is 48.1 Å². The number of hydrogen-bond donors (Lipinski definition) is 1. The van der Waals surface area contributed by atoms with E-state index in [9.17, 15) is 14.4 Å². The van der Waals surface area contributed by atoms with Crippen molar-refractivity contribution in [2.24, 2.45) is 5.92 Å². The summed E-state index contributed by atoms with van der Waals surface area (Å²) in [7, 11) is 1.60. The Morgan fingerprint density at radius 2 is 1.72 bits per heavy atom. The van der Waals surface area contributed by atoms with Gasteiger partial charge in [-0.2, -0.15) is 0 Å². The molecule has 5 rings (SSSR count). The number of aromatic nitrogens is 1. The van der Waals surface area contributed by atoms with Gasteiger partial charge in [0.15, 0.2) is 6.61 Å². The fourth-order valence-electron chi connectivity index (χ4n) is 5.20. The molecule has 3 heterocycles. The van der Waals surface area contributed by atoms with E-state index < -0.39 is 0 Å². The summed E-state index contributed by atoms with van der Waals surface area (Å²) in [5.41, 5.74) is 2.21. The average Bonchev–Trinajstić information content (AvgIpc) is 2.89. The van der Waals surface area contributed by atoms with E-state index in [1.54, 1.807) is 17.7 Å². The van der Waals surface area contributed by atoms with Crippen molar-refractivity contribution in [3.05, 3.63) is 88.3 Å². The van der Waals surface area contributed by atoms with Gasteiger partial charge in [0.1, 0.15) is 11.5 Å². The summed E-state index contributed by atoms with van der Waals surface area (Å²) >= 11 is 0. The van der Waals surface area contributed by atoms with Crippen molar-refractivity contribution in [3.8, 4) is 11.5 Å². The lowest BCUT2D eigenvalue weighted by Gasteiger charge is -2.43. The van der Waals surface area contributed by atoms with Crippen molar-refractivity contribution in [2.75, 3.05) is 32.1 Å². The van der Waals surface area contributed by atoms with Gasteiger partial charge in [-0.05, 0) is 48.2 Å². The number of pyridine rings is 1. The molecular weight excluding hydrogens is 458 g/mol. The van der Waals surface area contributed by atoms with Crippen LogP contribution in [0.2, 0.25) is 0 Å². The van der Waals surface area contributed by atoms with Crippen LogP contribution in [0.5, 0.6) is 11.5 Å². The molecule has 0 saturated carbocycles. The lowest BCUT2D eigenvalue weighted by Crippen LogP contribution is -2.50. The standard InChI is InChI=1S/C28H29N3O5/c1-35-22-9-7-19(8-10-22)14-25(32)29-24-11-12-26(33)31-16-20-13-21(28(24)31)17-30(15-20)27(34)18-36-23-5-3-2-4-6-23/h2-12,20-21H,13-18H2,1H3,(H,29,32)/t20-,21-/m0/s1. The Labute approximate surface area is 209 Å². The molecule has 1 fully saturated rings. The van der Waals surface area contributed by atoms with E-state index in [2.05, 4.69) is 5.32 Å². The van der Waals surface area contributed by atoms with Crippen molar-refractivity contribution in [2.45, 2.75) is 25.3 Å². The van der Waals surface area contributed by atoms with Gasteiger partial charge in [0, 0.05) is 37.3 Å². The lowest BCUT2D eigenvalue weighted by atomic mass is 9.82. The van der Waals surface area contributed by atoms with Gasteiger partial charge in [-0.1, -0.05) is 30.3 Å². The smallest absolute Gasteiger partial charge is 0.260 e. The number of likely N-dealkylation sites (tertiary alicyclic amines) is 1. The van der Waals surface area contributed by atoms with E-state index in [1.165, 1.54) is 6.07 Å². The summed E-state index contributed by atoms with van der Waals surface area (Å²) in [6.07, 6.45) is 1.07. The summed E-state index contributed by atoms with van der Waals surface area (Å²) < 4.78 is 12.6. The number of carbonyl (C=O) groups is 2. The van der Waals surface area contributed by atoms with Crippen LogP contribution in [0, 0.1) is 5.92 Å². The molecule has 8 nitrogen and oxygen atoms in total. The largest absolute Gasteiger partial charge is 0.497 e. The number of carbonyl (C=O) groups excluding carboxylic acids is 2. The Hall–Kier alpha value is -4.07. The first-order chi connectivity index (χ1) is 17.5. The summed E-state index contributed by atoms with van der Waals surface area (Å²) in [4.78, 5) is 40.3. The molecule has 2 bridgehead atoms. The molecule has 3 aromatic rings. The number of hydrogen-bond acceptors (Lipinski definition) is 5. The van der Waals surface area contributed by atoms with E-state index in [4.69, 9.17) is 9.47 Å². The number of nitrogens with one attached hydrogen (secondary N) is 1. The Morgan fingerprint density at radius 3 is 2.47 bits per heavy atom.